The Kier molecular flexibility index (Phi) is 7.26. The van der Waals surface area contributed by atoms with E-state index in [1.54, 1.807) is 11.3 Å². The molecule has 29 heavy (non-hydrogen) atoms. The van der Waals surface area contributed by atoms with E-state index in [1.807, 2.05) is 43.0 Å². The van der Waals surface area contributed by atoms with Crippen LogP contribution in [0.2, 0.25) is 0 Å². The Morgan fingerprint density at radius 1 is 1.41 bits per heavy atom. The Morgan fingerprint density at radius 2 is 2.24 bits per heavy atom. The molecule has 1 aliphatic rings. The van der Waals surface area contributed by atoms with E-state index in [9.17, 15) is 5.11 Å². The lowest BCUT2D eigenvalue weighted by molar-refractivity contribution is 0.0655. The Balaban J connectivity index is 1.66. The van der Waals surface area contributed by atoms with Crippen LogP contribution in [0.1, 0.15) is 43.2 Å². The van der Waals surface area contributed by atoms with Gasteiger partial charge >= 0.3 is 0 Å². The predicted octanol–water partition coefficient (Wildman–Crippen LogP) is 1.61. The monoisotopic (exact) mass is 419 g/mol. The molecule has 1 aliphatic heterocycles. The van der Waals surface area contributed by atoms with Crippen molar-refractivity contribution < 1.29 is 5.11 Å². The first-order valence-corrected chi connectivity index (χ1v) is 11.2. The van der Waals surface area contributed by atoms with Crippen LogP contribution >= 0.6 is 11.3 Å². The third-order valence-corrected chi connectivity index (χ3v) is 6.75. The van der Waals surface area contributed by atoms with Gasteiger partial charge in [0, 0.05) is 24.5 Å². The molecule has 0 aromatic carbocycles. The number of nitrogens with zero attached hydrogens (tertiary/aromatic N) is 5. The molecule has 3 heterocycles. The van der Waals surface area contributed by atoms with Gasteiger partial charge in [-0.3, -0.25) is 4.90 Å². The first kappa shape index (κ1) is 21.7. The fourth-order valence-corrected chi connectivity index (χ4v) is 4.38. The number of thiophene rings is 1. The molecular formula is C20H33N7OS. The summed E-state index contributed by atoms with van der Waals surface area (Å²) < 4.78 is 1.94. The number of aromatic nitrogens is 3. The van der Waals surface area contributed by atoms with Crippen LogP contribution in [-0.4, -0.2) is 63.0 Å². The summed E-state index contributed by atoms with van der Waals surface area (Å²) in [6.45, 7) is 9.82. The molecule has 2 aromatic heterocycles. The predicted molar refractivity (Wildman–Crippen MR) is 117 cm³/mol. The molecule has 9 heteroatoms. The molecular weight excluding hydrogens is 386 g/mol. The molecule has 160 valence electrons. The number of likely N-dealkylation sites (N-methyl/N-ethyl adjacent to an activating group) is 1. The van der Waals surface area contributed by atoms with Gasteiger partial charge in [-0.1, -0.05) is 13.0 Å². The molecule has 0 radical (unpaired) electrons. The van der Waals surface area contributed by atoms with E-state index >= 15 is 0 Å². The normalized spacial score (nSPS) is 20.0. The van der Waals surface area contributed by atoms with Gasteiger partial charge in [0.15, 0.2) is 11.8 Å². The fraction of sp³-hybridized carbons (Fsp3) is 0.650. The summed E-state index contributed by atoms with van der Waals surface area (Å²) in [7, 11) is 1.94. The number of aryl methyl sites for hydroxylation is 1. The van der Waals surface area contributed by atoms with Crippen LogP contribution < -0.4 is 10.6 Å². The van der Waals surface area contributed by atoms with Gasteiger partial charge in [-0.05, 0) is 51.2 Å². The van der Waals surface area contributed by atoms with Gasteiger partial charge in [0.2, 0.25) is 0 Å². The molecule has 0 aliphatic carbocycles. The second kappa shape index (κ2) is 9.69. The summed E-state index contributed by atoms with van der Waals surface area (Å²) in [6, 6.07) is 4.43. The largest absolute Gasteiger partial charge is 0.383 e. The molecule has 2 unspecified atom stereocenters. The topological polar surface area (TPSA) is 90.6 Å². The minimum absolute atomic E-state index is 0.374. The van der Waals surface area contributed by atoms with E-state index in [0.29, 0.717) is 25.1 Å². The Hall–Kier alpha value is -1.97. The van der Waals surface area contributed by atoms with E-state index in [4.69, 9.17) is 4.99 Å². The number of hydrogen-bond donors (Lipinski definition) is 3. The van der Waals surface area contributed by atoms with Crippen molar-refractivity contribution in [2.45, 2.75) is 51.8 Å². The van der Waals surface area contributed by atoms with Gasteiger partial charge in [0.1, 0.15) is 18.0 Å². The van der Waals surface area contributed by atoms with Crippen molar-refractivity contribution in [3.8, 4) is 0 Å². The highest BCUT2D eigenvalue weighted by Crippen LogP contribution is 2.24. The number of hydrogen-bond acceptors (Lipinski definition) is 6. The lowest BCUT2D eigenvalue weighted by Gasteiger charge is -2.26. The van der Waals surface area contributed by atoms with E-state index in [0.717, 1.165) is 36.2 Å². The van der Waals surface area contributed by atoms with Crippen molar-refractivity contribution >= 4 is 17.3 Å². The number of aliphatic imine (C=N–C) groups is 1. The van der Waals surface area contributed by atoms with Gasteiger partial charge in [0.25, 0.3) is 0 Å². The molecule has 0 spiro atoms. The zero-order valence-corrected chi connectivity index (χ0v) is 18.7. The SMILES string of the molecule is CCN1CCCC1CNC(=NCc1nnc(C)n1C)NCC(C)(O)c1cccs1. The van der Waals surface area contributed by atoms with Crippen molar-refractivity contribution in [3.63, 3.8) is 0 Å². The van der Waals surface area contributed by atoms with Crippen LogP contribution in [0.25, 0.3) is 0 Å². The number of guanidine groups is 1. The highest BCUT2D eigenvalue weighted by Gasteiger charge is 2.26. The summed E-state index contributed by atoms with van der Waals surface area (Å²) in [5.41, 5.74) is -0.958. The summed E-state index contributed by atoms with van der Waals surface area (Å²) in [5.74, 6) is 2.36. The number of nitrogens with one attached hydrogen (secondary N) is 2. The second-order valence-electron chi connectivity index (χ2n) is 7.80. The summed E-state index contributed by atoms with van der Waals surface area (Å²) in [6.07, 6.45) is 2.44. The Morgan fingerprint density at radius 3 is 2.90 bits per heavy atom. The van der Waals surface area contributed by atoms with E-state index < -0.39 is 5.60 Å². The zero-order chi connectivity index (χ0) is 20.9. The van der Waals surface area contributed by atoms with Crippen molar-refractivity contribution in [1.82, 2.24) is 30.3 Å². The molecule has 3 N–H and O–H groups in total. The molecule has 1 fully saturated rings. The van der Waals surface area contributed by atoms with Gasteiger partial charge in [-0.25, -0.2) is 4.99 Å². The molecule has 2 atom stereocenters. The number of rotatable bonds is 8. The molecule has 0 bridgehead atoms. The van der Waals surface area contributed by atoms with Gasteiger partial charge in [-0.15, -0.1) is 21.5 Å². The maximum Gasteiger partial charge on any atom is 0.191 e. The second-order valence-corrected chi connectivity index (χ2v) is 8.75. The smallest absolute Gasteiger partial charge is 0.191 e. The van der Waals surface area contributed by atoms with Crippen LogP contribution in [0.15, 0.2) is 22.5 Å². The highest BCUT2D eigenvalue weighted by atomic mass is 32.1. The third-order valence-electron chi connectivity index (χ3n) is 5.62. The molecule has 8 nitrogen and oxygen atoms in total. The quantitative estimate of drug-likeness (QED) is 0.445. The fourth-order valence-electron chi connectivity index (χ4n) is 3.60. The van der Waals surface area contributed by atoms with Gasteiger partial charge < -0.3 is 20.3 Å². The van der Waals surface area contributed by atoms with Crippen LogP contribution in [-0.2, 0) is 19.2 Å². The lowest BCUT2D eigenvalue weighted by Crippen LogP contribution is -2.48. The number of likely N-dealkylation sites (tertiary alicyclic amines) is 1. The standard InChI is InChI=1S/C20H33N7OS/c1-5-27-10-6-8-16(27)12-21-19(22-13-18-25-24-15(2)26(18)4)23-14-20(3,28)17-9-7-11-29-17/h7,9,11,16,28H,5-6,8,10,12-14H2,1-4H3,(H2,21,22,23). The van der Waals surface area contributed by atoms with Gasteiger partial charge in [-0.2, -0.15) is 0 Å². The van der Waals surface area contributed by atoms with Crippen molar-refractivity contribution in [1.29, 1.82) is 0 Å². The summed E-state index contributed by atoms with van der Waals surface area (Å²) in [5, 5.41) is 27.9. The van der Waals surface area contributed by atoms with E-state index in [-0.39, 0.29) is 0 Å². The molecule has 0 amide bonds. The summed E-state index contributed by atoms with van der Waals surface area (Å²) >= 11 is 1.55. The van der Waals surface area contributed by atoms with Gasteiger partial charge in [0.05, 0.1) is 6.54 Å². The minimum Gasteiger partial charge on any atom is -0.383 e. The van der Waals surface area contributed by atoms with Crippen LogP contribution in [0, 0.1) is 6.92 Å². The zero-order valence-electron chi connectivity index (χ0n) is 17.9. The maximum absolute atomic E-state index is 10.8. The maximum atomic E-state index is 10.8. The Labute approximate surface area is 177 Å². The Bertz CT molecular complexity index is 800. The lowest BCUT2D eigenvalue weighted by atomic mass is 10.1. The van der Waals surface area contributed by atoms with Crippen LogP contribution in [0.3, 0.4) is 0 Å². The first-order valence-electron chi connectivity index (χ1n) is 10.3. The molecule has 2 aromatic rings. The van der Waals surface area contributed by atoms with E-state index in [1.165, 1.54) is 12.8 Å². The molecule has 1 saturated heterocycles. The van der Waals surface area contributed by atoms with E-state index in [2.05, 4.69) is 32.7 Å². The third kappa shape index (κ3) is 5.55. The van der Waals surface area contributed by atoms with Crippen molar-refractivity contribution in [2.75, 3.05) is 26.2 Å². The summed E-state index contributed by atoms with van der Waals surface area (Å²) in [4.78, 5) is 8.14. The highest BCUT2D eigenvalue weighted by molar-refractivity contribution is 7.10. The first-order chi connectivity index (χ1) is 13.9. The minimum atomic E-state index is -0.958. The van der Waals surface area contributed by atoms with Crippen LogP contribution in [0.5, 0.6) is 0 Å². The van der Waals surface area contributed by atoms with Crippen molar-refractivity contribution in [2.24, 2.45) is 12.0 Å². The van der Waals surface area contributed by atoms with Crippen molar-refractivity contribution in [3.05, 3.63) is 34.0 Å². The number of aliphatic hydroxyl groups is 1. The molecule has 0 saturated carbocycles. The van der Waals surface area contributed by atoms with Crippen LogP contribution in [0.4, 0.5) is 0 Å². The average Bonchev–Trinajstić information content (AvgIpc) is 3.45. The molecule has 3 rings (SSSR count). The average molecular weight is 420 g/mol.